The maximum atomic E-state index is 12.4. The predicted octanol–water partition coefficient (Wildman–Crippen LogP) is -0.266. The van der Waals surface area contributed by atoms with Gasteiger partial charge in [0, 0.05) is 13.0 Å². The van der Waals surface area contributed by atoms with Gasteiger partial charge in [0.05, 0.1) is 12.6 Å². The van der Waals surface area contributed by atoms with Crippen LogP contribution in [0.25, 0.3) is 0 Å². The van der Waals surface area contributed by atoms with Crippen molar-refractivity contribution in [2.75, 3.05) is 19.8 Å². The van der Waals surface area contributed by atoms with Crippen LogP contribution in [-0.4, -0.2) is 48.3 Å². The van der Waals surface area contributed by atoms with E-state index in [9.17, 15) is 14.7 Å². The Morgan fingerprint density at radius 3 is 2.89 bits per heavy atom. The Kier molecular flexibility index (Phi) is 3.22. The van der Waals surface area contributed by atoms with Crippen molar-refractivity contribution in [2.45, 2.75) is 37.3 Å². The lowest BCUT2D eigenvalue weighted by atomic mass is 9.92. The molecule has 2 aliphatic heterocycles. The summed E-state index contributed by atoms with van der Waals surface area (Å²) in [6.07, 6.45) is 3.75. The quantitative estimate of drug-likeness (QED) is 0.656. The molecular weight excluding hydrogens is 248 g/mol. The smallest absolute Gasteiger partial charge is 0.331 e. The van der Waals surface area contributed by atoms with Gasteiger partial charge in [0.2, 0.25) is 5.91 Å². The van der Waals surface area contributed by atoms with Crippen LogP contribution in [0, 0.1) is 11.8 Å². The highest BCUT2D eigenvalue weighted by Gasteiger charge is 2.48. The van der Waals surface area contributed by atoms with Gasteiger partial charge < -0.3 is 20.5 Å². The van der Waals surface area contributed by atoms with Crippen molar-refractivity contribution in [1.29, 1.82) is 0 Å². The van der Waals surface area contributed by atoms with Gasteiger partial charge in [-0.2, -0.15) is 0 Å². The van der Waals surface area contributed by atoms with Crippen molar-refractivity contribution >= 4 is 11.9 Å². The van der Waals surface area contributed by atoms with Crippen LogP contribution in [0.1, 0.15) is 25.7 Å². The number of carbonyl (C=O) groups is 2. The number of carboxylic acids is 1. The third-order valence-electron chi connectivity index (χ3n) is 4.82. The molecule has 0 radical (unpaired) electrons. The number of ether oxygens (including phenoxy) is 1. The van der Waals surface area contributed by atoms with Gasteiger partial charge in [0.1, 0.15) is 0 Å². The Labute approximate surface area is 111 Å². The maximum absolute atomic E-state index is 12.4. The fraction of sp³-hybridized carbons (Fsp3) is 0.846. The molecule has 3 fully saturated rings. The molecule has 0 bridgehead atoms. The minimum Gasteiger partial charge on any atom is -0.479 e. The van der Waals surface area contributed by atoms with Gasteiger partial charge in [-0.1, -0.05) is 6.42 Å². The third kappa shape index (κ3) is 2.12. The van der Waals surface area contributed by atoms with E-state index in [-0.39, 0.29) is 18.6 Å². The zero-order valence-electron chi connectivity index (χ0n) is 10.9. The number of fused-ring (bicyclic) bond motifs is 1. The van der Waals surface area contributed by atoms with E-state index in [0.29, 0.717) is 24.9 Å². The number of nitrogens with one attached hydrogen (secondary N) is 2. The lowest BCUT2D eigenvalue weighted by molar-refractivity contribution is -0.148. The van der Waals surface area contributed by atoms with Crippen LogP contribution >= 0.6 is 0 Å². The largest absolute Gasteiger partial charge is 0.479 e. The molecule has 1 amide bonds. The molecule has 3 N–H and O–H groups in total. The highest BCUT2D eigenvalue weighted by atomic mass is 16.5. The summed E-state index contributed by atoms with van der Waals surface area (Å²) in [6, 6.07) is -0.232. The Hall–Kier alpha value is -1.14. The van der Waals surface area contributed by atoms with Gasteiger partial charge in [-0.25, -0.2) is 4.79 Å². The standard InChI is InChI=1S/C13H20N2O4/c16-11(10-9-3-1-2-8(9)6-14-10)15-13(12(17)18)4-5-19-7-13/h8-10,14H,1-7H2,(H,15,16)(H,17,18). The molecule has 0 aromatic heterocycles. The zero-order chi connectivity index (χ0) is 13.5. The van der Waals surface area contributed by atoms with E-state index in [1.807, 2.05) is 0 Å². The second-order valence-corrected chi connectivity index (χ2v) is 5.92. The van der Waals surface area contributed by atoms with E-state index in [1.54, 1.807) is 0 Å². The van der Waals surface area contributed by atoms with Crippen molar-refractivity contribution in [2.24, 2.45) is 11.8 Å². The van der Waals surface area contributed by atoms with E-state index in [4.69, 9.17) is 4.74 Å². The minimum absolute atomic E-state index is 0.0644. The van der Waals surface area contributed by atoms with Gasteiger partial charge in [-0.3, -0.25) is 4.79 Å². The van der Waals surface area contributed by atoms with E-state index in [1.165, 1.54) is 12.8 Å². The number of rotatable bonds is 3. The summed E-state index contributed by atoms with van der Waals surface area (Å²) in [4.78, 5) is 23.7. The number of carbonyl (C=O) groups excluding carboxylic acids is 1. The van der Waals surface area contributed by atoms with Crippen LogP contribution in [0.2, 0.25) is 0 Å². The van der Waals surface area contributed by atoms with Gasteiger partial charge in [-0.05, 0) is 31.2 Å². The first-order valence-electron chi connectivity index (χ1n) is 6.99. The van der Waals surface area contributed by atoms with Crippen LogP contribution in [0.15, 0.2) is 0 Å². The van der Waals surface area contributed by atoms with Crippen molar-refractivity contribution in [3.63, 3.8) is 0 Å². The van der Waals surface area contributed by atoms with Crippen molar-refractivity contribution in [3.05, 3.63) is 0 Å². The summed E-state index contributed by atoms with van der Waals surface area (Å²) in [5.74, 6) is -0.230. The molecule has 106 valence electrons. The first-order chi connectivity index (χ1) is 9.12. The molecule has 4 atom stereocenters. The SMILES string of the molecule is O=C(NC1(C(=O)O)CCOC1)C1NCC2CCCC21. The van der Waals surface area contributed by atoms with Gasteiger partial charge in [-0.15, -0.1) is 0 Å². The predicted molar refractivity (Wildman–Crippen MR) is 66.6 cm³/mol. The van der Waals surface area contributed by atoms with E-state index >= 15 is 0 Å². The summed E-state index contributed by atoms with van der Waals surface area (Å²) >= 11 is 0. The lowest BCUT2D eigenvalue weighted by Crippen LogP contribution is -2.59. The molecule has 2 saturated heterocycles. The Morgan fingerprint density at radius 1 is 1.37 bits per heavy atom. The summed E-state index contributed by atoms with van der Waals surface area (Å²) < 4.78 is 5.16. The van der Waals surface area contributed by atoms with Crippen molar-refractivity contribution in [1.82, 2.24) is 10.6 Å². The fourth-order valence-corrected chi connectivity index (χ4v) is 3.67. The zero-order valence-corrected chi connectivity index (χ0v) is 10.9. The van der Waals surface area contributed by atoms with Crippen LogP contribution in [0.3, 0.4) is 0 Å². The summed E-state index contributed by atoms with van der Waals surface area (Å²) in [7, 11) is 0. The van der Waals surface area contributed by atoms with Crippen LogP contribution in [0.5, 0.6) is 0 Å². The highest BCUT2D eigenvalue weighted by Crippen LogP contribution is 2.38. The number of amides is 1. The number of aliphatic carboxylic acids is 1. The maximum Gasteiger partial charge on any atom is 0.331 e. The van der Waals surface area contributed by atoms with Gasteiger partial charge >= 0.3 is 5.97 Å². The Bertz CT molecular complexity index is 392. The van der Waals surface area contributed by atoms with E-state index in [0.717, 1.165) is 13.0 Å². The molecule has 19 heavy (non-hydrogen) atoms. The van der Waals surface area contributed by atoms with Gasteiger partial charge in [0.15, 0.2) is 5.54 Å². The Morgan fingerprint density at radius 2 is 2.21 bits per heavy atom. The summed E-state index contributed by atoms with van der Waals surface area (Å²) in [6.45, 7) is 1.32. The van der Waals surface area contributed by atoms with Crippen LogP contribution in [-0.2, 0) is 14.3 Å². The second kappa shape index (κ2) is 4.76. The fourth-order valence-electron chi connectivity index (χ4n) is 3.67. The van der Waals surface area contributed by atoms with Crippen LogP contribution in [0.4, 0.5) is 0 Å². The molecule has 6 heteroatoms. The molecule has 4 unspecified atom stereocenters. The number of carboxylic acid groups (broad SMARTS) is 1. The highest BCUT2D eigenvalue weighted by molar-refractivity contribution is 5.90. The first-order valence-corrected chi connectivity index (χ1v) is 6.99. The lowest BCUT2D eigenvalue weighted by Gasteiger charge is -2.27. The van der Waals surface area contributed by atoms with Crippen molar-refractivity contribution < 1.29 is 19.4 Å². The number of hydrogen-bond donors (Lipinski definition) is 3. The van der Waals surface area contributed by atoms with E-state index in [2.05, 4.69) is 10.6 Å². The van der Waals surface area contributed by atoms with E-state index < -0.39 is 11.5 Å². The monoisotopic (exact) mass is 268 g/mol. The topological polar surface area (TPSA) is 87.7 Å². The average Bonchev–Trinajstić information content (AvgIpc) is 3.03. The minimum atomic E-state index is -1.23. The first kappa shape index (κ1) is 12.9. The molecule has 6 nitrogen and oxygen atoms in total. The molecule has 0 aromatic rings. The second-order valence-electron chi connectivity index (χ2n) is 5.92. The Balaban J connectivity index is 1.69. The molecule has 1 aliphatic carbocycles. The summed E-state index contributed by atoms with van der Waals surface area (Å²) in [5.41, 5.74) is -1.23. The van der Waals surface area contributed by atoms with Crippen molar-refractivity contribution in [3.8, 4) is 0 Å². The molecule has 0 spiro atoms. The molecule has 2 heterocycles. The molecular formula is C13H20N2O4. The van der Waals surface area contributed by atoms with Crippen LogP contribution < -0.4 is 10.6 Å². The third-order valence-corrected chi connectivity index (χ3v) is 4.82. The molecule has 3 aliphatic rings. The molecule has 3 rings (SSSR count). The summed E-state index contributed by atoms with van der Waals surface area (Å²) in [5, 5.41) is 15.3. The number of hydrogen-bond acceptors (Lipinski definition) is 4. The molecule has 0 aromatic carbocycles. The normalized spacial score (nSPS) is 41.2. The van der Waals surface area contributed by atoms with Gasteiger partial charge in [0.25, 0.3) is 0 Å². The average molecular weight is 268 g/mol. The molecule has 1 saturated carbocycles.